The number of rotatable bonds is 7. The summed E-state index contributed by atoms with van der Waals surface area (Å²) in [6.07, 6.45) is 3.32. The van der Waals surface area contributed by atoms with E-state index in [1.807, 2.05) is 0 Å². The minimum absolute atomic E-state index is 0.0116. The molecule has 2 fully saturated rings. The van der Waals surface area contributed by atoms with Gasteiger partial charge >= 0.3 is 0 Å². The van der Waals surface area contributed by atoms with E-state index >= 15 is 0 Å². The van der Waals surface area contributed by atoms with E-state index in [9.17, 15) is 9.59 Å². The lowest BCUT2D eigenvalue weighted by Crippen LogP contribution is -2.42. The Labute approximate surface area is 141 Å². The maximum absolute atomic E-state index is 12.0. The van der Waals surface area contributed by atoms with E-state index < -0.39 is 0 Å². The molecule has 3 rings (SSSR count). The van der Waals surface area contributed by atoms with Crippen molar-refractivity contribution in [1.82, 2.24) is 25.3 Å². The van der Waals surface area contributed by atoms with Crippen molar-refractivity contribution in [2.45, 2.75) is 45.7 Å². The topological polar surface area (TPSA) is 91.6 Å². The van der Waals surface area contributed by atoms with E-state index in [2.05, 4.69) is 20.4 Å². The maximum atomic E-state index is 12.0. The molecule has 132 valence electrons. The second kappa shape index (κ2) is 7.29. The van der Waals surface area contributed by atoms with Gasteiger partial charge in [0.2, 0.25) is 17.7 Å². The zero-order valence-electron chi connectivity index (χ0n) is 14.3. The molecule has 1 N–H and O–H groups in total. The van der Waals surface area contributed by atoms with Gasteiger partial charge < -0.3 is 14.7 Å². The van der Waals surface area contributed by atoms with Gasteiger partial charge in [0.1, 0.15) is 0 Å². The molecule has 1 saturated carbocycles. The van der Waals surface area contributed by atoms with E-state index in [1.54, 1.807) is 18.7 Å². The largest absolute Gasteiger partial charge is 0.355 e. The zero-order chi connectivity index (χ0) is 17.1. The normalized spacial score (nSPS) is 21.0. The van der Waals surface area contributed by atoms with Crippen LogP contribution >= 0.6 is 0 Å². The second-order valence-corrected chi connectivity index (χ2v) is 6.80. The molecule has 1 aliphatic carbocycles. The van der Waals surface area contributed by atoms with E-state index in [-0.39, 0.29) is 17.9 Å². The number of amides is 2. The van der Waals surface area contributed by atoms with Crippen molar-refractivity contribution in [3.05, 3.63) is 11.7 Å². The highest BCUT2D eigenvalue weighted by molar-refractivity contribution is 5.78. The third-order valence-corrected chi connectivity index (χ3v) is 4.63. The molecule has 0 aromatic carbocycles. The Bertz CT molecular complexity index is 598. The van der Waals surface area contributed by atoms with Crippen LogP contribution in [0.15, 0.2) is 4.52 Å². The third-order valence-electron chi connectivity index (χ3n) is 4.63. The van der Waals surface area contributed by atoms with Crippen molar-refractivity contribution in [2.24, 2.45) is 5.92 Å². The van der Waals surface area contributed by atoms with Gasteiger partial charge in [-0.3, -0.25) is 14.5 Å². The Morgan fingerprint density at radius 2 is 2.17 bits per heavy atom. The fourth-order valence-electron chi connectivity index (χ4n) is 3.10. The number of hydrogen-bond donors (Lipinski definition) is 1. The van der Waals surface area contributed by atoms with Gasteiger partial charge in [-0.25, -0.2) is 0 Å². The first-order valence-corrected chi connectivity index (χ1v) is 8.56. The highest BCUT2D eigenvalue weighted by atomic mass is 16.5. The summed E-state index contributed by atoms with van der Waals surface area (Å²) in [5, 5.41) is 6.85. The molecule has 1 aromatic rings. The van der Waals surface area contributed by atoms with Gasteiger partial charge in [0.15, 0.2) is 5.82 Å². The van der Waals surface area contributed by atoms with Gasteiger partial charge in [0.05, 0.1) is 13.1 Å². The summed E-state index contributed by atoms with van der Waals surface area (Å²) >= 11 is 0. The Hall–Kier alpha value is -1.96. The lowest BCUT2D eigenvalue weighted by Gasteiger charge is -2.26. The van der Waals surface area contributed by atoms with Gasteiger partial charge in [0.25, 0.3) is 0 Å². The number of carbonyl (C=O) groups is 2. The molecular weight excluding hydrogens is 310 g/mol. The third kappa shape index (κ3) is 4.53. The molecule has 2 amide bonds. The van der Waals surface area contributed by atoms with Crippen LogP contribution in [0.25, 0.3) is 0 Å². The number of carbonyl (C=O) groups excluding carboxylic acids is 2. The number of hydrogen-bond acceptors (Lipinski definition) is 6. The number of aromatic nitrogens is 2. The lowest BCUT2D eigenvalue weighted by atomic mass is 10.2. The molecule has 8 nitrogen and oxygen atoms in total. The summed E-state index contributed by atoms with van der Waals surface area (Å²) in [5.74, 6) is 1.76. The molecule has 2 heterocycles. The fraction of sp³-hybridized carbons (Fsp3) is 0.750. The van der Waals surface area contributed by atoms with E-state index in [1.165, 1.54) is 12.8 Å². The fourth-order valence-corrected chi connectivity index (χ4v) is 3.10. The van der Waals surface area contributed by atoms with Crippen molar-refractivity contribution in [3.63, 3.8) is 0 Å². The zero-order valence-corrected chi connectivity index (χ0v) is 14.3. The van der Waals surface area contributed by atoms with E-state index in [4.69, 9.17) is 4.52 Å². The summed E-state index contributed by atoms with van der Waals surface area (Å²) in [4.78, 5) is 32.0. The monoisotopic (exact) mass is 335 g/mol. The van der Waals surface area contributed by atoms with Crippen molar-refractivity contribution in [3.8, 4) is 0 Å². The summed E-state index contributed by atoms with van der Waals surface area (Å²) in [6, 6.07) is 0.0811. The number of nitrogens with zero attached hydrogens (tertiary/aromatic N) is 4. The average Bonchev–Trinajstić information content (AvgIpc) is 3.11. The first-order valence-electron chi connectivity index (χ1n) is 8.56. The Kier molecular flexibility index (Phi) is 5.13. The smallest absolute Gasteiger partial charge is 0.234 e. The number of aryl methyl sites for hydroxylation is 1. The second-order valence-electron chi connectivity index (χ2n) is 6.80. The summed E-state index contributed by atoms with van der Waals surface area (Å²) < 4.78 is 4.97. The molecule has 0 unspecified atom stereocenters. The number of likely N-dealkylation sites (tertiary alicyclic amines) is 1. The highest BCUT2D eigenvalue weighted by Crippen LogP contribution is 2.27. The van der Waals surface area contributed by atoms with Crippen LogP contribution in [-0.4, -0.2) is 64.0 Å². The predicted octanol–water partition coefficient (Wildman–Crippen LogP) is 0.327. The standard InChI is InChI=1S/C16H25N5O3/c1-11-18-15(19-24-11)9-21(12(2)22)14-5-6-20(8-14)10-16(23)17-7-13-3-4-13/h13-14H,3-10H2,1-2H3,(H,17,23)/t14-/m0/s1. The molecule has 0 bridgehead atoms. The van der Waals surface area contributed by atoms with Crippen LogP contribution in [0, 0.1) is 12.8 Å². The first kappa shape index (κ1) is 16.9. The minimum atomic E-state index is -0.0116. The van der Waals surface area contributed by atoms with Gasteiger partial charge in [-0.05, 0) is 25.2 Å². The summed E-state index contributed by atoms with van der Waals surface area (Å²) in [6.45, 7) is 6.34. The molecule has 2 aliphatic rings. The molecule has 0 spiro atoms. The van der Waals surface area contributed by atoms with Crippen molar-refractivity contribution in [1.29, 1.82) is 0 Å². The predicted molar refractivity (Wildman–Crippen MR) is 85.8 cm³/mol. The quantitative estimate of drug-likeness (QED) is 0.772. The Balaban J connectivity index is 1.49. The first-order chi connectivity index (χ1) is 11.5. The highest BCUT2D eigenvalue weighted by Gasteiger charge is 2.31. The van der Waals surface area contributed by atoms with Crippen molar-refractivity contribution >= 4 is 11.8 Å². The van der Waals surface area contributed by atoms with Gasteiger partial charge in [-0.2, -0.15) is 4.98 Å². The molecule has 1 saturated heterocycles. The molecule has 1 aliphatic heterocycles. The van der Waals surface area contributed by atoms with Crippen LogP contribution in [-0.2, 0) is 16.1 Å². The SMILES string of the molecule is CC(=O)N(Cc1noc(C)n1)[C@H]1CCN(CC(=O)NCC2CC2)C1. The van der Waals surface area contributed by atoms with E-state index in [0.717, 1.165) is 19.5 Å². The van der Waals surface area contributed by atoms with Crippen LogP contribution in [0.2, 0.25) is 0 Å². The van der Waals surface area contributed by atoms with E-state index in [0.29, 0.717) is 37.3 Å². The molecule has 1 atom stereocenters. The minimum Gasteiger partial charge on any atom is -0.355 e. The molecule has 0 radical (unpaired) electrons. The van der Waals surface area contributed by atoms with Crippen molar-refractivity contribution < 1.29 is 14.1 Å². The molecular formula is C16H25N5O3. The molecule has 1 aromatic heterocycles. The van der Waals surface area contributed by atoms with Crippen LogP contribution in [0.4, 0.5) is 0 Å². The Morgan fingerprint density at radius 3 is 2.79 bits per heavy atom. The van der Waals surface area contributed by atoms with Crippen LogP contribution in [0.3, 0.4) is 0 Å². The Morgan fingerprint density at radius 1 is 1.38 bits per heavy atom. The lowest BCUT2D eigenvalue weighted by molar-refractivity contribution is -0.131. The summed E-state index contributed by atoms with van der Waals surface area (Å²) in [7, 11) is 0. The van der Waals surface area contributed by atoms with Gasteiger partial charge in [-0.1, -0.05) is 5.16 Å². The van der Waals surface area contributed by atoms with Gasteiger partial charge in [-0.15, -0.1) is 0 Å². The summed E-state index contributed by atoms with van der Waals surface area (Å²) in [5.41, 5.74) is 0. The van der Waals surface area contributed by atoms with Crippen LogP contribution < -0.4 is 5.32 Å². The van der Waals surface area contributed by atoms with Gasteiger partial charge in [0, 0.05) is 39.5 Å². The maximum Gasteiger partial charge on any atom is 0.234 e. The van der Waals surface area contributed by atoms with Crippen LogP contribution in [0.5, 0.6) is 0 Å². The van der Waals surface area contributed by atoms with Crippen LogP contribution in [0.1, 0.15) is 37.9 Å². The van der Waals surface area contributed by atoms with Crippen molar-refractivity contribution in [2.75, 3.05) is 26.2 Å². The average molecular weight is 335 g/mol. The molecule has 24 heavy (non-hydrogen) atoms. The molecule has 8 heteroatoms. The number of nitrogens with one attached hydrogen (secondary N) is 1.